The second-order valence-electron chi connectivity index (χ2n) is 7.42. The SMILES string of the molecule is Cc1nnc(CN=C(NCC2CCCO2)N(C)Cc2ccc3c(c2)OCO3)n1C. The van der Waals surface area contributed by atoms with Crippen molar-refractivity contribution >= 4 is 5.96 Å². The maximum absolute atomic E-state index is 5.74. The van der Waals surface area contributed by atoms with E-state index in [1.165, 1.54) is 0 Å². The zero-order valence-corrected chi connectivity index (χ0v) is 17.2. The van der Waals surface area contributed by atoms with Gasteiger partial charge in [-0.25, -0.2) is 4.99 Å². The molecule has 1 fully saturated rings. The summed E-state index contributed by atoms with van der Waals surface area (Å²) in [5.41, 5.74) is 1.12. The second kappa shape index (κ2) is 8.69. The molecule has 1 N–H and O–H groups in total. The van der Waals surface area contributed by atoms with Crippen molar-refractivity contribution in [2.45, 2.75) is 39.0 Å². The van der Waals surface area contributed by atoms with Gasteiger partial charge in [0.15, 0.2) is 23.3 Å². The first-order chi connectivity index (χ1) is 14.1. The molecule has 2 aromatic rings. The second-order valence-corrected chi connectivity index (χ2v) is 7.42. The molecular formula is C20H28N6O3. The van der Waals surface area contributed by atoms with Gasteiger partial charge in [0.2, 0.25) is 6.79 Å². The van der Waals surface area contributed by atoms with Gasteiger partial charge in [-0.1, -0.05) is 6.07 Å². The number of rotatable bonds is 6. The summed E-state index contributed by atoms with van der Waals surface area (Å²) in [6.07, 6.45) is 2.43. The molecule has 1 saturated heterocycles. The third-order valence-electron chi connectivity index (χ3n) is 5.28. The fraction of sp³-hybridized carbons (Fsp3) is 0.550. The van der Waals surface area contributed by atoms with Crippen molar-refractivity contribution in [2.24, 2.45) is 12.0 Å². The van der Waals surface area contributed by atoms with Crippen LogP contribution in [0.3, 0.4) is 0 Å². The first kappa shape index (κ1) is 19.5. The van der Waals surface area contributed by atoms with Crippen molar-refractivity contribution in [2.75, 3.05) is 27.0 Å². The molecule has 0 spiro atoms. The summed E-state index contributed by atoms with van der Waals surface area (Å²) in [5.74, 6) is 4.09. The number of benzene rings is 1. The van der Waals surface area contributed by atoms with Gasteiger partial charge in [0, 0.05) is 33.8 Å². The molecule has 1 atom stereocenters. The molecule has 0 saturated carbocycles. The molecule has 1 aromatic carbocycles. The Morgan fingerprint density at radius 1 is 1.31 bits per heavy atom. The first-order valence-corrected chi connectivity index (χ1v) is 9.94. The number of aromatic nitrogens is 3. The van der Waals surface area contributed by atoms with Crippen LogP contribution in [0.2, 0.25) is 0 Å². The Labute approximate surface area is 170 Å². The lowest BCUT2D eigenvalue weighted by Gasteiger charge is -2.24. The number of fused-ring (bicyclic) bond motifs is 1. The van der Waals surface area contributed by atoms with Gasteiger partial charge in [-0.15, -0.1) is 10.2 Å². The van der Waals surface area contributed by atoms with E-state index in [1.807, 2.05) is 43.8 Å². The van der Waals surface area contributed by atoms with Crippen molar-refractivity contribution < 1.29 is 14.2 Å². The largest absolute Gasteiger partial charge is 0.454 e. The number of ether oxygens (including phenoxy) is 3. The van der Waals surface area contributed by atoms with E-state index in [0.717, 1.165) is 60.7 Å². The van der Waals surface area contributed by atoms with Gasteiger partial charge in [-0.3, -0.25) is 0 Å². The highest BCUT2D eigenvalue weighted by Gasteiger charge is 2.18. The molecule has 156 valence electrons. The van der Waals surface area contributed by atoms with Gasteiger partial charge in [0.05, 0.1) is 6.10 Å². The molecule has 1 unspecified atom stereocenters. The lowest BCUT2D eigenvalue weighted by atomic mass is 10.2. The van der Waals surface area contributed by atoms with Crippen LogP contribution in [0.4, 0.5) is 0 Å². The monoisotopic (exact) mass is 400 g/mol. The average Bonchev–Trinajstić information content (AvgIpc) is 3.45. The molecule has 29 heavy (non-hydrogen) atoms. The van der Waals surface area contributed by atoms with E-state index < -0.39 is 0 Å². The van der Waals surface area contributed by atoms with Crippen molar-refractivity contribution in [3.05, 3.63) is 35.4 Å². The van der Waals surface area contributed by atoms with Crippen LogP contribution in [0.15, 0.2) is 23.2 Å². The molecule has 0 radical (unpaired) electrons. The van der Waals surface area contributed by atoms with E-state index in [9.17, 15) is 0 Å². The number of guanidine groups is 1. The van der Waals surface area contributed by atoms with Crippen LogP contribution in [0.5, 0.6) is 11.5 Å². The van der Waals surface area contributed by atoms with Gasteiger partial charge < -0.3 is 29.0 Å². The lowest BCUT2D eigenvalue weighted by molar-refractivity contribution is 0.113. The van der Waals surface area contributed by atoms with E-state index in [0.29, 0.717) is 13.1 Å². The van der Waals surface area contributed by atoms with Gasteiger partial charge in [0.25, 0.3) is 0 Å². The van der Waals surface area contributed by atoms with Crippen LogP contribution >= 0.6 is 0 Å². The number of aliphatic imine (C=N–C) groups is 1. The summed E-state index contributed by atoms with van der Waals surface area (Å²) in [7, 11) is 3.98. The Kier molecular flexibility index (Phi) is 5.84. The van der Waals surface area contributed by atoms with E-state index in [1.54, 1.807) is 0 Å². The molecule has 4 rings (SSSR count). The molecule has 3 heterocycles. The number of aryl methyl sites for hydroxylation is 1. The fourth-order valence-electron chi connectivity index (χ4n) is 3.44. The minimum absolute atomic E-state index is 0.233. The quantitative estimate of drug-likeness (QED) is 0.582. The molecule has 9 heteroatoms. The molecule has 2 aliphatic heterocycles. The lowest BCUT2D eigenvalue weighted by Crippen LogP contribution is -2.42. The third-order valence-corrected chi connectivity index (χ3v) is 5.28. The van der Waals surface area contributed by atoms with E-state index in [-0.39, 0.29) is 12.9 Å². The summed E-state index contributed by atoms with van der Waals surface area (Å²) in [5, 5.41) is 11.8. The minimum Gasteiger partial charge on any atom is -0.454 e. The van der Waals surface area contributed by atoms with E-state index >= 15 is 0 Å². The fourth-order valence-corrected chi connectivity index (χ4v) is 3.44. The van der Waals surface area contributed by atoms with Crippen LogP contribution in [0, 0.1) is 6.92 Å². The predicted octanol–water partition coefficient (Wildman–Crippen LogP) is 1.61. The topological polar surface area (TPSA) is 86.0 Å². The molecule has 0 amide bonds. The van der Waals surface area contributed by atoms with Crippen molar-refractivity contribution in [1.29, 1.82) is 0 Å². The van der Waals surface area contributed by atoms with E-state index in [4.69, 9.17) is 19.2 Å². The summed E-state index contributed by atoms with van der Waals surface area (Å²) in [6.45, 7) is 4.93. The Morgan fingerprint density at radius 2 is 2.17 bits per heavy atom. The first-order valence-electron chi connectivity index (χ1n) is 9.94. The van der Waals surface area contributed by atoms with Crippen LogP contribution < -0.4 is 14.8 Å². The van der Waals surface area contributed by atoms with Gasteiger partial charge in [-0.2, -0.15) is 0 Å². The zero-order valence-electron chi connectivity index (χ0n) is 17.2. The van der Waals surface area contributed by atoms with Crippen LogP contribution in [0.1, 0.15) is 30.1 Å². The van der Waals surface area contributed by atoms with Crippen LogP contribution in [-0.2, 0) is 24.9 Å². The van der Waals surface area contributed by atoms with Crippen molar-refractivity contribution in [3.8, 4) is 11.5 Å². The molecular weight excluding hydrogens is 372 g/mol. The maximum Gasteiger partial charge on any atom is 0.231 e. The molecule has 2 aliphatic rings. The Balaban J connectivity index is 1.46. The smallest absolute Gasteiger partial charge is 0.231 e. The maximum atomic E-state index is 5.74. The standard InChI is InChI=1S/C20H28N6O3/c1-14-23-24-19(26(14)3)11-22-20(21-10-16-5-4-8-27-16)25(2)12-15-6-7-17-18(9-15)29-13-28-17/h6-7,9,16H,4-5,8,10-13H2,1-3H3,(H,21,22). The molecule has 0 bridgehead atoms. The average molecular weight is 400 g/mol. The zero-order chi connectivity index (χ0) is 20.2. The molecule has 9 nitrogen and oxygen atoms in total. The van der Waals surface area contributed by atoms with Gasteiger partial charge >= 0.3 is 0 Å². The van der Waals surface area contributed by atoms with Gasteiger partial charge in [-0.05, 0) is 37.5 Å². The van der Waals surface area contributed by atoms with Crippen LogP contribution in [-0.4, -0.2) is 58.7 Å². The molecule has 1 aromatic heterocycles. The molecule has 0 aliphatic carbocycles. The van der Waals surface area contributed by atoms with Crippen molar-refractivity contribution in [1.82, 2.24) is 25.0 Å². The Bertz CT molecular complexity index is 875. The van der Waals surface area contributed by atoms with E-state index in [2.05, 4.69) is 20.4 Å². The highest BCUT2D eigenvalue weighted by atomic mass is 16.7. The summed E-state index contributed by atoms with van der Waals surface area (Å²) in [4.78, 5) is 6.89. The van der Waals surface area contributed by atoms with Crippen LogP contribution in [0.25, 0.3) is 0 Å². The Hall–Kier alpha value is -2.81. The number of hydrogen-bond acceptors (Lipinski definition) is 6. The minimum atomic E-state index is 0.233. The normalized spacial score (nSPS) is 18.3. The number of nitrogens with one attached hydrogen (secondary N) is 1. The van der Waals surface area contributed by atoms with Gasteiger partial charge in [0.1, 0.15) is 12.4 Å². The predicted molar refractivity (Wildman–Crippen MR) is 108 cm³/mol. The number of nitrogens with zero attached hydrogens (tertiary/aromatic N) is 5. The highest BCUT2D eigenvalue weighted by molar-refractivity contribution is 5.79. The van der Waals surface area contributed by atoms with Crippen molar-refractivity contribution in [3.63, 3.8) is 0 Å². The third kappa shape index (κ3) is 4.61. The summed E-state index contributed by atoms with van der Waals surface area (Å²) < 4.78 is 18.6. The summed E-state index contributed by atoms with van der Waals surface area (Å²) >= 11 is 0. The number of hydrogen-bond donors (Lipinski definition) is 1. The Morgan fingerprint density at radius 3 is 2.93 bits per heavy atom. The summed E-state index contributed by atoms with van der Waals surface area (Å²) in [6, 6.07) is 6.01. The highest BCUT2D eigenvalue weighted by Crippen LogP contribution is 2.32.